The molecule has 1 unspecified atom stereocenters. The van der Waals surface area contributed by atoms with Crippen LogP contribution in [0.25, 0.3) is 0 Å². The Morgan fingerprint density at radius 3 is 2.29 bits per heavy atom. The standard InChI is InChI=1S/C27H22F3NO3/c28-27(29,30)22-9-6-18(7-10-22)25(17-4-2-1-3-5-17)21-14-31(15-21)26(33)19-8-11-24-20(12-19)13-23(32)16-34-24/h1-12,21,25H,13-16H2. The number of alkyl halides is 3. The highest BCUT2D eigenvalue weighted by molar-refractivity contribution is 5.96. The average Bonchev–Trinajstić information content (AvgIpc) is 2.80. The molecule has 1 amide bonds. The first-order valence-corrected chi connectivity index (χ1v) is 11.1. The molecular formula is C27H22F3NO3. The van der Waals surface area contributed by atoms with Crippen LogP contribution < -0.4 is 4.74 Å². The predicted molar refractivity (Wildman–Crippen MR) is 120 cm³/mol. The lowest BCUT2D eigenvalue weighted by Crippen LogP contribution is -2.52. The molecule has 0 saturated carbocycles. The van der Waals surface area contributed by atoms with E-state index in [1.54, 1.807) is 23.1 Å². The molecule has 5 rings (SSSR count). The Hall–Kier alpha value is -3.61. The minimum absolute atomic E-state index is 0.0247. The van der Waals surface area contributed by atoms with Crippen molar-refractivity contribution in [3.05, 3.63) is 101 Å². The van der Waals surface area contributed by atoms with Gasteiger partial charge in [-0.1, -0.05) is 42.5 Å². The molecule has 1 atom stereocenters. The lowest BCUT2D eigenvalue weighted by molar-refractivity contribution is -0.137. The summed E-state index contributed by atoms with van der Waals surface area (Å²) in [5.41, 5.74) is 2.33. The molecule has 34 heavy (non-hydrogen) atoms. The number of nitrogens with zero attached hydrogens (tertiary/aromatic N) is 1. The second kappa shape index (κ2) is 8.63. The van der Waals surface area contributed by atoms with Gasteiger partial charge in [0.2, 0.25) is 0 Å². The SMILES string of the molecule is O=C1COc2ccc(C(=O)N3CC(C(c4ccccc4)c4ccc(C(F)(F)F)cc4)C3)cc2C1. The second-order valence-corrected chi connectivity index (χ2v) is 8.80. The highest BCUT2D eigenvalue weighted by atomic mass is 19.4. The van der Waals surface area contributed by atoms with E-state index < -0.39 is 11.7 Å². The van der Waals surface area contributed by atoms with Crippen molar-refractivity contribution < 1.29 is 27.5 Å². The van der Waals surface area contributed by atoms with E-state index in [0.29, 0.717) is 30.0 Å². The van der Waals surface area contributed by atoms with Crippen LogP contribution >= 0.6 is 0 Å². The number of carbonyl (C=O) groups is 2. The smallest absolute Gasteiger partial charge is 0.416 e. The molecular weight excluding hydrogens is 443 g/mol. The summed E-state index contributed by atoms with van der Waals surface area (Å²) in [7, 11) is 0. The lowest BCUT2D eigenvalue weighted by Gasteiger charge is -2.44. The van der Waals surface area contributed by atoms with Gasteiger partial charge in [-0.05, 0) is 41.5 Å². The van der Waals surface area contributed by atoms with Crippen molar-refractivity contribution in [1.82, 2.24) is 4.90 Å². The number of fused-ring (bicyclic) bond motifs is 1. The van der Waals surface area contributed by atoms with E-state index in [0.717, 1.165) is 23.3 Å². The molecule has 1 fully saturated rings. The zero-order valence-electron chi connectivity index (χ0n) is 18.2. The van der Waals surface area contributed by atoms with Gasteiger partial charge >= 0.3 is 6.18 Å². The van der Waals surface area contributed by atoms with E-state index in [9.17, 15) is 22.8 Å². The van der Waals surface area contributed by atoms with Gasteiger partial charge in [-0.25, -0.2) is 0 Å². The normalized spacial score (nSPS) is 16.9. The molecule has 4 nitrogen and oxygen atoms in total. The Labute approximate surface area is 195 Å². The van der Waals surface area contributed by atoms with Crippen molar-refractivity contribution in [2.45, 2.75) is 18.5 Å². The van der Waals surface area contributed by atoms with E-state index >= 15 is 0 Å². The van der Waals surface area contributed by atoms with Crippen molar-refractivity contribution in [2.24, 2.45) is 5.92 Å². The van der Waals surface area contributed by atoms with Gasteiger partial charge < -0.3 is 9.64 Å². The number of rotatable bonds is 4. The third-order valence-corrected chi connectivity index (χ3v) is 6.51. The summed E-state index contributed by atoms with van der Waals surface area (Å²) >= 11 is 0. The fraction of sp³-hybridized carbons (Fsp3) is 0.259. The van der Waals surface area contributed by atoms with Crippen LogP contribution in [0.1, 0.15) is 38.5 Å². The fourth-order valence-corrected chi connectivity index (χ4v) is 4.76. The number of hydrogen-bond donors (Lipinski definition) is 0. The summed E-state index contributed by atoms with van der Waals surface area (Å²) < 4.78 is 44.5. The first-order chi connectivity index (χ1) is 16.3. The second-order valence-electron chi connectivity index (χ2n) is 8.80. The van der Waals surface area contributed by atoms with Gasteiger partial charge in [-0.3, -0.25) is 9.59 Å². The zero-order chi connectivity index (χ0) is 23.9. The van der Waals surface area contributed by atoms with Crippen LogP contribution in [0, 0.1) is 5.92 Å². The lowest BCUT2D eigenvalue weighted by atomic mass is 9.76. The zero-order valence-corrected chi connectivity index (χ0v) is 18.2. The van der Waals surface area contributed by atoms with Crippen molar-refractivity contribution in [2.75, 3.05) is 19.7 Å². The van der Waals surface area contributed by atoms with Crippen molar-refractivity contribution >= 4 is 11.7 Å². The molecule has 0 spiro atoms. The Bertz CT molecular complexity index is 1220. The van der Waals surface area contributed by atoms with Crippen molar-refractivity contribution in [1.29, 1.82) is 0 Å². The number of hydrogen-bond acceptors (Lipinski definition) is 3. The molecule has 0 bridgehead atoms. The maximum atomic E-state index is 13.1. The van der Waals surface area contributed by atoms with Gasteiger partial charge in [0.15, 0.2) is 5.78 Å². The monoisotopic (exact) mass is 465 g/mol. The first kappa shape index (κ1) is 22.2. The molecule has 174 valence electrons. The number of carbonyl (C=O) groups excluding carboxylic acids is 2. The fourth-order valence-electron chi connectivity index (χ4n) is 4.76. The third-order valence-electron chi connectivity index (χ3n) is 6.51. The minimum atomic E-state index is -4.38. The van der Waals surface area contributed by atoms with Crippen molar-refractivity contribution in [3.8, 4) is 5.75 Å². The first-order valence-electron chi connectivity index (χ1n) is 11.1. The summed E-state index contributed by atoms with van der Waals surface area (Å²) in [6.45, 7) is 1.04. The molecule has 3 aromatic carbocycles. The van der Waals surface area contributed by atoms with Gasteiger partial charge in [0.05, 0.1) is 5.56 Å². The summed E-state index contributed by atoms with van der Waals surface area (Å²) in [5.74, 6) is 0.427. The Kier molecular flexibility index (Phi) is 5.63. The molecule has 0 aromatic heterocycles. The van der Waals surface area contributed by atoms with Crippen LogP contribution in [0.2, 0.25) is 0 Å². The van der Waals surface area contributed by atoms with Gasteiger partial charge in [-0.15, -0.1) is 0 Å². The molecule has 7 heteroatoms. The van der Waals surface area contributed by atoms with Crippen molar-refractivity contribution in [3.63, 3.8) is 0 Å². The van der Waals surface area contributed by atoms with Gasteiger partial charge in [0.25, 0.3) is 5.91 Å². The third kappa shape index (κ3) is 4.30. The number of benzene rings is 3. The Morgan fingerprint density at radius 2 is 1.62 bits per heavy atom. The molecule has 0 N–H and O–H groups in total. The number of ether oxygens (including phenoxy) is 1. The number of Topliss-reactive ketones (excluding diaryl/α,β-unsaturated/α-hetero) is 1. The summed E-state index contributed by atoms with van der Waals surface area (Å²) in [6.07, 6.45) is -4.13. The molecule has 2 aliphatic heterocycles. The highest BCUT2D eigenvalue weighted by Gasteiger charge is 2.38. The summed E-state index contributed by atoms with van der Waals surface area (Å²) in [5, 5.41) is 0. The van der Waals surface area contributed by atoms with Gasteiger partial charge in [-0.2, -0.15) is 13.2 Å². The summed E-state index contributed by atoms with van der Waals surface area (Å²) in [6, 6.07) is 20.1. The highest BCUT2D eigenvalue weighted by Crippen LogP contribution is 2.39. The molecule has 2 aliphatic rings. The number of halogens is 3. The Morgan fingerprint density at radius 1 is 0.941 bits per heavy atom. The maximum absolute atomic E-state index is 13.1. The van der Waals surface area contributed by atoms with E-state index in [4.69, 9.17) is 4.74 Å². The van der Waals surface area contributed by atoms with E-state index in [1.165, 1.54) is 12.1 Å². The largest absolute Gasteiger partial charge is 0.486 e. The van der Waals surface area contributed by atoms with E-state index in [2.05, 4.69) is 0 Å². The molecule has 2 heterocycles. The van der Waals surface area contributed by atoms with Crippen LogP contribution in [0.3, 0.4) is 0 Å². The number of amides is 1. The number of ketones is 1. The predicted octanol–water partition coefficient (Wildman–Crippen LogP) is 5.11. The number of likely N-dealkylation sites (tertiary alicyclic amines) is 1. The molecule has 0 aliphatic carbocycles. The van der Waals surface area contributed by atoms with E-state index in [1.807, 2.05) is 30.3 Å². The molecule has 1 saturated heterocycles. The minimum Gasteiger partial charge on any atom is -0.486 e. The van der Waals surface area contributed by atoms with Gasteiger partial charge in [0, 0.05) is 42.5 Å². The molecule has 0 radical (unpaired) electrons. The van der Waals surface area contributed by atoms with Gasteiger partial charge in [0.1, 0.15) is 12.4 Å². The van der Waals surface area contributed by atoms with Crippen LogP contribution in [0.5, 0.6) is 5.75 Å². The Balaban J connectivity index is 1.35. The maximum Gasteiger partial charge on any atom is 0.416 e. The van der Waals surface area contributed by atoms with Crippen LogP contribution in [0.15, 0.2) is 72.8 Å². The summed E-state index contributed by atoms with van der Waals surface area (Å²) in [4.78, 5) is 26.5. The quantitative estimate of drug-likeness (QED) is 0.538. The van der Waals surface area contributed by atoms with Crippen LogP contribution in [0.4, 0.5) is 13.2 Å². The van der Waals surface area contributed by atoms with Crippen LogP contribution in [-0.4, -0.2) is 36.3 Å². The van der Waals surface area contributed by atoms with Crippen LogP contribution in [-0.2, 0) is 17.4 Å². The van der Waals surface area contributed by atoms with E-state index in [-0.39, 0.29) is 36.6 Å². The molecule has 3 aromatic rings. The topological polar surface area (TPSA) is 46.6 Å². The average molecular weight is 465 g/mol.